The van der Waals surface area contributed by atoms with Gasteiger partial charge < -0.3 is 5.32 Å². The predicted molar refractivity (Wildman–Crippen MR) is 78.7 cm³/mol. The van der Waals surface area contributed by atoms with Gasteiger partial charge in [-0.05, 0) is 31.3 Å². The Labute approximate surface area is 111 Å². The summed E-state index contributed by atoms with van der Waals surface area (Å²) >= 11 is 1.85. The van der Waals surface area contributed by atoms with Crippen LogP contribution in [0.15, 0.2) is 17.5 Å². The summed E-state index contributed by atoms with van der Waals surface area (Å²) in [5, 5.41) is 5.75. The minimum absolute atomic E-state index is 0.523. The van der Waals surface area contributed by atoms with Crippen LogP contribution in [0, 0.1) is 0 Å². The zero-order chi connectivity index (χ0) is 12.3. The van der Waals surface area contributed by atoms with Gasteiger partial charge in [-0.25, -0.2) is 0 Å². The largest absolute Gasteiger partial charge is 0.309 e. The van der Waals surface area contributed by atoms with Crippen LogP contribution in [0.4, 0.5) is 0 Å². The molecule has 0 aliphatic carbocycles. The van der Waals surface area contributed by atoms with Crippen LogP contribution in [0.25, 0.3) is 0 Å². The van der Waals surface area contributed by atoms with Crippen LogP contribution in [0.1, 0.15) is 69.7 Å². The van der Waals surface area contributed by atoms with Crippen molar-refractivity contribution in [1.29, 1.82) is 0 Å². The molecule has 0 aliphatic rings. The summed E-state index contributed by atoms with van der Waals surface area (Å²) in [6.07, 6.45) is 9.72. The van der Waals surface area contributed by atoms with Gasteiger partial charge in [-0.3, -0.25) is 0 Å². The zero-order valence-corrected chi connectivity index (χ0v) is 12.2. The molecule has 2 heteroatoms. The van der Waals surface area contributed by atoms with Gasteiger partial charge in [0.05, 0.1) is 0 Å². The van der Waals surface area contributed by atoms with Gasteiger partial charge in [0.15, 0.2) is 0 Å². The minimum atomic E-state index is 0.523. The van der Waals surface area contributed by atoms with Gasteiger partial charge in [-0.15, -0.1) is 11.3 Å². The van der Waals surface area contributed by atoms with E-state index in [-0.39, 0.29) is 0 Å². The maximum atomic E-state index is 3.60. The first-order valence-electron chi connectivity index (χ1n) is 7.11. The summed E-state index contributed by atoms with van der Waals surface area (Å²) in [7, 11) is 0. The van der Waals surface area contributed by atoms with Crippen molar-refractivity contribution >= 4 is 11.3 Å². The number of rotatable bonds is 10. The highest BCUT2D eigenvalue weighted by Crippen LogP contribution is 2.18. The van der Waals surface area contributed by atoms with Crippen molar-refractivity contribution in [3.05, 3.63) is 22.4 Å². The Balaban J connectivity index is 1.90. The van der Waals surface area contributed by atoms with E-state index in [1.807, 2.05) is 11.3 Å². The van der Waals surface area contributed by atoms with E-state index in [0.29, 0.717) is 6.04 Å². The van der Waals surface area contributed by atoms with Crippen LogP contribution in [0.5, 0.6) is 0 Å². The lowest BCUT2D eigenvalue weighted by molar-refractivity contribution is 0.528. The number of unbranched alkanes of at least 4 members (excludes halogenated alkanes) is 6. The second-order valence-corrected chi connectivity index (χ2v) is 5.79. The molecule has 1 nitrogen and oxygen atoms in total. The van der Waals surface area contributed by atoms with Crippen molar-refractivity contribution in [1.82, 2.24) is 5.32 Å². The fourth-order valence-electron chi connectivity index (χ4n) is 2.04. The fourth-order valence-corrected chi connectivity index (χ4v) is 2.80. The van der Waals surface area contributed by atoms with E-state index in [9.17, 15) is 0 Å². The maximum absolute atomic E-state index is 3.60. The molecule has 0 amide bonds. The second-order valence-electron chi connectivity index (χ2n) is 4.81. The third-order valence-corrected chi connectivity index (χ3v) is 4.26. The molecule has 0 radical (unpaired) electrons. The van der Waals surface area contributed by atoms with Gasteiger partial charge in [0, 0.05) is 10.9 Å². The maximum Gasteiger partial charge on any atom is 0.0386 e. The lowest BCUT2D eigenvalue weighted by Gasteiger charge is -2.11. The molecule has 0 unspecified atom stereocenters. The molecule has 0 saturated heterocycles. The molecule has 1 heterocycles. The fraction of sp³-hybridized carbons (Fsp3) is 0.733. The summed E-state index contributed by atoms with van der Waals surface area (Å²) in [6, 6.07) is 4.87. The van der Waals surface area contributed by atoms with Crippen molar-refractivity contribution in [3.8, 4) is 0 Å². The average Bonchev–Trinajstić information content (AvgIpc) is 2.86. The molecule has 0 aliphatic heterocycles. The predicted octanol–water partition coefficient (Wildman–Crippen LogP) is 5.15. The zero-order valence-electron chi connectivity index (χ0n) is 11.4. The van der Waals surface area contributed by atoms with E-state index in [1.165, 1.54) is 49.8 Å². The smallest absolute Gasteiger partial charge is 0.0386 e. The van der Waals surface area contributed by atoms with E-state index in [0.717, 1.165) is 6.54 Å². The first-order valence-corrected chi connectivity index (χ1v) is 7.99. The Morgan fingerprint density at radius 1 is 1.12 bits per heavy atom. The van der Waals surface area contributed by atoms with Crippen molar-refractivity contribution < 1.29 is 0 Å². The van der Waals surface area contributed by atoms with Crippen LogP contribution < -0.4 is 5.32 Å². The van der Waals surface area contributed by atoms with Crippen LogP contribution >= 0.6 is 11.3 Å². The molecule has 0 fully saturated rings. The van der Waals surface area contributed by atoms with E-state index < -0.39 is 0 Å². The lowest BCUT2D eigenvalue weighted by Crippen LogP contribution is -2.18. The van der Waals surface area contributed by atoms with E-state index in [4.69, 9.17) is 0 Å². The van der Waals surface area contributed by atoms with E-state index in [1.54, 1.807) is 0 Å². The Kier molecular flexibility index (Phi) is 8.37. The van der Waals surface area contributed by atoms with Crippen molar-refractivity contribution in [2.24, 2.45) is 0 Å². The molecule has 17 heavy (non-hydrogen) atoms. The summed E-state index contributed by atoms with van der Waals surface area (Å²) in [5.74, 6) is 0. The normalized spacial score (nSPS) is 12.8. The molecule has 0 saturated carbocycles. The first-order chi connectivity index (χ1) is 8.34. The third kappa shape index (κ3) is 6.85. The summed E-state index contributed by atoms with van der Waals surface area (Å²) < 4.78 is 0. The Morgan fingerprint density at radius 2 is 1.82 bits per heavy atom. The summed E-state index contributed by atoms with van der Waals surface area (Å²) in [5.41, 5.74) is 0. The van der Waals surface area contributed by atoms with Crippen LogP contribution in [-0.2, 0) is 0 Å². The van der Waals surface area contributed by atoms with Crippen molar-refractivity contribution in [2.45, 2.75) is 64.8 Å². The SMILES string of the molecule is CCCCCCCCCN[C@H](C)c1cccs1. The monoisotopic (exact) mass is 253 g/mol. The molecule has 1 atom stereocenters. The third-order valence-electron chi connectivity index (χ3n) is 3.20. The van der Waals surface area contributed by atoms with Crippen LogP contribution in [0.2, 0.25) is 0 Å². The van der Waals surface area contributed by atoms with Crippen molar-refractivity contribution in [3.63, 3.8) is 0 Å². The average molecular weight is 253 g/mol. The molecule has 1 rings (SSSR count). The highest BCUT2D eigenvalue weighted by molar-refractivity contribution is 7.10. The number of hydrogen-bond donors (Lipinski definition) is 1. The molecule has 0 spiro atoms. The van der Waals surface area contributed by atoms with Gasteiger partial charge in [0.25, 0.3) is 0 Å². The van der Waals surface area contributed by atoms with Gasteiger partial charge in [-0.1, -0.05) is 51.5 Å². The topological polar surface area (TPSA) is 12.0 Å². The summed E-state index contributed by atoms with van der Waals surface area (Å²) in [4.78, 5) is 1.45. The Morgan fingerprint density at radius 3 is 2.47 bits per heavy atom. The lowest BCUT2D eigenvalue weighted by atomic mass is 10.1. The number of nitrogens with one attached hydrogen (secondary N) is 1. The standard InChI is InChI=1S/C15H27NS/c1-3-4-5-6-7-8-9-12-16-14(2)15-11-10-13-17-15/h10-11,13-14,16H,3-9,12H2,1-2H3/t14-/m1/s1. The van der Waals surface area contributed by atoms with E-state index >= 15 is 0 Å². The molecule has 1 aromatic rings. The molecule has 1 N–H and O–H groups in total. The Hall–Kier alpha value is -0.340. The highest BCUT2D eigenvalue weighted by Gasteiger charge is 2.03. The van der Waals surface area contributed by atoms with Crippen molar-refractivity contribution in [2.75, 3.05) is 6.54 Å². The highest BCUT2D eigenvalue weighted by atomic mass is 32.1. The van der Waals surface area contributed by atoms with E-state index in [2.05, 4.69) is 36.7 Å². The van der Waals surface area contributed by atoms with Crippen LogP contribution in [-0.4, -0.2) is 6.54 Å². The van der Waals surface area contributed by atoms with Gasteiger partial charge >= 0.3 is 0 Å². The van der Waals surface area contributed by atoms with Gasteiger partial charge in [0.1, 0.15) is 0 Å². The molecule has 0 aromatic carbocycles. The molecular weight excluding hydrogens is 226 g/mol. The molecule has 1 aromatic heterocycles. The summed E-state index contributed by atoms with van der Waals surface area (Å²) in [6.45, 7) is 5.69. The molecular formula is C15H27NS. The number of thiophene rings is 1. The number of hydrogen-bond acceptors (Lipinski definition) is 2. The molecule has 0 bridgehead atoms. The quantitative estimate of drug-likeness (QED) is 0.569. The second kappa shape index (κ2) is 9.67. The van der Waals surface area contributed by atoms with Gasteiger partial charge in [-0.2, -0.15) is 0 Å². The Bertz CT molecular complexity index is 256. The molecule has 98 valence electrons. The minimum Gasteiger partial charge on any atom is -0.309 e. The van der Waals surface area contributed by atoms with Crippen LogP contribution in [0.3, 0.4) is 0 Å². The van der Waals surface area contributed by atoms with Gasteiger partial charge in [0.2, 0.25) is 0 Å². The first kappa shape index (κ1) is 14.7.